The molecule has 0 aromatic rings. The molecule has 0 fully saturated rings. The number of rotatable bonds is 4. The van der Waals surface area contributed by atoms with Gasteiger partial charge in [0.2, 0.25) is 0 Å². The van der Waals surface area contributed by atoms with Crippen LogP contribution in [0.1, 0.15) is 40.5 Å². The van der Waals surface area contributed by atoms with E-state index in [9.17, 15) is 0 Å². The Hall–Kier alpha value is -0.720. The van der Waals surface area contributed by atoms with Crippen molar-refractivity contribution in [1.29, 1.82) is 0 Å². The quantitative estimate of drug-likeness (QED) is 0.562. The highest BCUT2D eigenvalue weighted by molar-refractivity contribution is 4.96. The highest BCUT2D eigenvalue weighted by atomic mass is 16.5. The van der Waals surface area contributed by atoms with Crippen LogP contribution in [0.4, 0.5) is 0 Å². The molecule has 0 atom stereocenters. The summed E-state index contributed by atoms with van der Waals surface area (Å²) in [5, 5.41) is 0. The van der Waals surface area contributed by atoms with Crippen molar-refractivity contribution in [3.8, 4) is 0 Å². The zero-order chi connectivity index (χ0) is 8.69. The summed E-state index contributed by atoms with van der Waals surface area (Å²) in [4.78, 5) is 0. The van der Waals surface area contributed by atoms with Gasteiger partial charge in [-0.2, -0.15) is 0 Å². The Morgan fingerprint density at radius 3 is 1.64 bits per heavy atom. The van der Waals surface area contributed by atoms with Crippen molar-refractivity contribution in [3.05, 3.63) is 23.7 Å². The molecule has 0 aliphatic carbocycles. The molecule has 0 aromatic carbocycles. The molecule has 1 heteroatoms. The zero-order valence-electron chi connectivity index (χ0n) is 7.98. The van der Waals surface area contributed by atoms with Gasteiger partial charge < -0.3 is 4.74 Å². The SMILES string of the molecule is CCC=C(C)OC(C)=CCC. The first kappa shape index (κ1) is 10.3. The van der Waals surface area contributed by atoms with Crippen LogP contribution in [0, 0.1) is 0 Å². The van der Waals surface area contributed by atoms with Crippen LogP contribution in [0.15, 0.2) is 23.7 Å². The van der Waals surface area contributed by atoms with Gasteiger partial charge in [0, 0.05) is 0 Å². The minimum absolute atomic E-state index is 0.995. The Labute approximate surface area is 69.8 Å². The normalized spacial score (nSPS) is 13.5. The molecular weight excluding hydrogens is 136 g/mol. The molecule has 0 saturated carbocycles. The van der Waals surface area contributed by atoms with Gasteiger partial charge in [0.15, 0.2) is 0 Å². The Kier molecular flexibility index (Phi) is 5.63. The molecule has 0 aliphatic heterocycles. The second-order valence-electron chi connectivity index (χ2n) is 2.55. The van der Waals surface area contributed by atoms with Crippen molar-refractivity contribution in [2.75, 3.05) is 0 Å². The average Bonchev–Trinajstić information content (AvgIpc) is 1.87. The van der Waals surface area contributed by atoms with E-state index < -0.39 is 0 Å². The molecule has 0 aromatic heterocycles. The van der Waals surface area contributed by atoms with Crippen LogP contribution in [0.5, 0.6) is 0 Å². The van der Waals surface area contributed by atoms with Crippen LogP contribution in [0.2, 0.25) is 0 Å². The molecule has 0 rings (SSSR count). The maximum Gasteiger partial charge on any atom is 0.0965 e. The zero-order valence-corrected chi connectivity index (χ0v) is 7.98. The molecule has 0 saturated heterocycles. The summed E-state index contributed by atoms with van der Waals surface area (Å²) in [6.07, 6.45) is 6.22. The lowest BCUT2D eigenvalue weighted by atomic mass is 10.4. The third-order valence-corrected chi connectivity index (χ3v) is 1.31. The van der Waals surface area contributed by atoms with Gasteiger partial charge in [-0.1, -0.05) is 13.8 Å². The van der Waals surface area contributed by atoms with Crippen molar-refractivity contribution in [2.45, 2.75) is 40.5 Å². The first-order valence-electron chi connectivity index (χ1n) is 4.22. The molecule has 0 aliphatic rings. The van der Waals surface area contributed by atoms with Crippen molar-refractivity contribution in [2.24, 2.45) is 0 Å². The van der Waals surface area contributed by atoms with Gasteiger partial charge in [-0.15, -0.1) is 0 Å². The van der Waals surface area contributed by atoms with Gasteiger partial charge in [-0.25, -0.2) is 0 Å². The van der Waals surface area contributed by atoms with Crippen LogP contribution in [0.3, 0.4) is 0 Å². The molecule has 0 heterocycles. The van der Waals surface area contributed by atoms with E-state index in [-0.39, 0.29) is 0 Å². The van der Waals surface area contributed by atoms with Crippen molar-refractivity contribution < 1.29 is 4.74 Å². The summed E-state index contributed by atoms with van der Waals surface area (Å²) in [7, 11) is 0. The van der Waals surface area contributed by atoms with Crippen molar-refractivity contribution in [3.63, 3.8) is 0 Å². The predicted molar refractivity (Wildman–Crippen MR) is 49.2 cm³/mol. The number of allylic oxidation sites excluding steroid dienone is 4. The maximum absolute atomic E-state index is 5.45. The van der Waals surface area contributed by atoms with Crippen LogP contribution in [-0.2, 0) is 4.74 Å². The number of hydrogen-bond acceptors (Lipinski definition) is 1. The van der Waals surface area contributed by atoms with E-state index in [0.717, 1.165) is 24.4 Å². The summed E-state index contributed by atoms with van der Waals surface area (Å²) < 4.78 is 5.45. The maximum atomic E-state index is 5.45. The highest BCUT2D eigenvalue weighted by Crippen LogP contribution is 2.06. The summed E-state index contributed by atoms with van der Waals surface area (Å²) in [5.74, 6) is 1.99. The number of ether oxygens (including phenoxy) is 1. The van der Waals surface area contributed by atoms with Gasteiger partial charge in [-0.3, -0.25) is 0 Å². The lowest BCUT2D eigenvalue weighted by Gasteiger charge is -2.04. The fourth-order valence-electron chi connectivity index (χ4n) is 0.912. The smallest absolute Gasteiger partial charge is 0.0965 e. The van der Waals surface area contributed by atoms with E-state index in [1.807, 2.05) is 13.8 Å². The van der Waals surface area contributed by atoms with E-state index in [1.165, 1.54) is 0 Å². The Morgan fingerprint density at radius 2 is 1.36 bits per heavy atom. The van der Waals surface area contributed by atoms with E-state index in [4.69, 9.17) is 4.74 Å². The van der Waals surface area contributed by atoms with Crippen molar-refractivity contribution in [1.82, 2.24) is 0 Å². The summed E-state index contributed by atoms with van der Waals surface area (Å²) in [6, 6.07) is 0. The van der Waals surface area contributed by atoms with E-state index in [2.05, 4.69) is 26.0 Å². The molecule has 0 bridgehead atoms. The van der Waals surface area contributed by atoms with Gasteiger partial charge in [0.25, 0.3) is 0 Å². The van der Waals surface area contributed by atoms with E-state index >= 15 is 0 Å². The molecular formula is C10H18O. The summed E-state index contributed by atoms with van der Waals surface area (Å²) in [5.41, 5.74) is 0. The molecule has 0 N–H and O–H groups in total. The Morgan fingerprint density at radius 1 is 1.00 bits per heavy atom. The fourth-order valence-corrected chi connectivity index (χ4v) is 0.912. The standard InChI is InChI=1S/C10H18O/c1-5-7-9(3)11-10(4)8-6-2/h7-8H,5-6H2,1-4H3. The Bertz CT molecular complexity index is 136. The lowest BCUT2D eigenvalue weighted by molar-refractivity contribution is 0.306. The predicted octanol–water partition coefficient (Wildman–Crippen LogP) is 3.63. The Balaban J connectivity index is 3.84. The molecule has 1 nitrogen and oxygen atoms in total. The third kappa shape index (κ3) is 5.71. The van der Waals surface area contributed by atoms with E-state index in [1.54, 1.807) is 0 Å². The fraction of sp³-hybridized carbons (Fsp3) is 0.600. The number of hydrogen-bond donors (Lipinski definition) is 0. The van der Waals surface area contributed by atoms with Crippen LogP contribution < -0.4 is 0 Å². The van der Waals surface area contributed by atoms with Crippen LogP contribution in [0.25, 0.3) is 0 Å². The van der Waals surface area contributed by atoms with Gasteiger partial charge >= 0.3 is 0 Å². The van der Waals surface area contributed by atoms with Gasteiger partial charge in [0.05, 0.1) is 11.5 Å². The summed E-state index contributed by atoms with van der Waals surface area (Å²) in [6.45, 7) is 8.17. The van der Waals surface area contributed by atoms with Gasteiger partial charge in [0.1, 0.15) is 0 Å². The molecule has 11 heavy (non-hydrogen) atoms. The lowest BCUT2D eigenvalue weighted by Crippen LogP contribution is -1.85. The molecule has 0 unspecified atom stereocenters. The highest BCUT2D eigenvalue weighted by Gasteiger charge is 1.89. The van der Waals surface area contributed by atoms with Crippen LogP contribution >= 0.6 is 0 Å². The second-order valence-corrected chi connectivity index (χ2v) is 2.55. The van der Waals surface area contributed by atoms with Crippen LogP contribution in [-0.4, -0.2) is 0 Å². The molecule has 64 valence electrons. The van der Waals surface area contributed by atoms with Gasteiger partial charge in [-0.05, 0) is 38.8 Å². The molecule has 0 spiro atoms. The van der Waals surface area contributed by atoms with E-state index in [0.29, 0.717) is 0 Å². The molecule has 0 radical (unpaired) electrons. The minimum atomic E-state index is 0.995. The third-order valence-electron chi connectivity index (χ3n) is 1.31. The first-order valence-corrected chi connectivity index (χ1v) is 4.22. The minimum Gasteiger partial charge on any atom is -0.467 e. The average molecular weight is 154 g/mol. The largest absolute Gasteiger partial charge is 0.467 e. The monoisotopic (exact) mass is 154 g/mol. The topological polar surface area (TPSA) is 9.23 Å². The first-order chi connectivity index (χ1) is 5.20. The molecule has 0 amide bonds. The van der Waals surface area contributed by atoms with Crippen molar-refractivity contribution >= 4 is 0 Å². The second kappa shape index (κ2) is 6.02. The summed E-state index contributed by atoms with van der Waals surface area (Å²) >= 11 is 0.